The van der Waals surface area contributed by atoms with E-state index in [1.165, 1.54) is 0 Å². The van der Waals surface area contributed by atoms with E-state index in [-0.39, 0.29) is 11.7 Å². The van der Waals surface area contributed by atoms with Crippen LogP contribution in [0.2, 0.25) is 10.0 Å². The molecule has 0 spiro atoms. The Balaban J connectivity index is 1.85. The van der Waals surface area contributed by atoms with Crippen LogP contribution in [-0.2, 0) is 0 Å². The zero-order valence-electron chi connectivity index (χ0n) is 12.6. The van der Waals surface area contributed by atoms with Crippen LogP contribution in [0.4, 0.5) is 5.69 Å². The lowest BCUT2D eigenvalue weighted by atomic mass is 10.2. The number of benzene rings is 2. The Kier molecular flexibility index (Phi) is 4.99. The molecule has 0 fully saturated rings. The smallest absolute Gasteiger partial charge is 0.291 e. The van der Waals surface area contributed by atoms with Crippen LogP contribution in [0, 0.1) is 6.92 Å². The molecular formula is C18H12BrCl2NO2. The SMILES string of the molecule is Cc1cc(Br)ccc1NC(=O)c1ccc(-c2cccc(Cl)c2Cl)o1. The van der Waals surface area contributed by atoms with Crippen molar-refractivity contribution in [3.8, 4) is 11.3 Å². The maximum Gasteiger partial charge on any atom is 0.291 e. The average molecular weight is 425 g/mol. The molecule has 3 nitrogen and oxygen atoms in total. The van der Waals surface area contributed by atoms with Crippen molar-refractivity contribution < 1.29 is 9.21 Å². The van der Waals surface area contributed by atoms with Gasteiger partial charge in [0.05, 0.1) is 10.0 Å². The second-order valence-electron chi connectivity index (χ2n) is 5.18. The summed E-state index contributed by atoms with van der Waals surface area (Å²) in [6, 6.07) is 14.2. The van der Waals surface area contributed by atoms with Gasteiger partial charge in [-0.2, -0.15) is 0 Å². The first-order chi connectivity index (χ1) is 11.5. The Bertz CT molecular complexity index is 921. The summed E-state index contributed by atoms with van der Waals surface area (Å²) in [6.45, 7) is 1.92. The lowest BCUT2D eigenvalue weighted by Gasteiger charge is -2.07. The monoisotopic (exact) mass is 423 g/mol. The molecule has 0 atom stereocenters. The normalized spacial score (nSPS) is 10.7. The van der Waals surface area contributed by atoms with Gasteiger partial charge >= 0.3 is 0 Å². The topological polar surface area (TPSA) is 42.2 Å². The standard InChI is InChI=1S/C18H12BrCl2NO2/c1-10-9-11(19)5-6-14(10)22-18(23)16-8-7-15(24-16)12-3-2-4-13(20)17(12)21/h2-9H,1H3,(H,22,23). The van der Waals surface area contributed by atoms with Crippen LogP contribution in [0.3, 0.4) is 0 Å². The van der Waals surface area contributed by atoms with Crippen LogP contribution in [0.1, 0.15) is 16.1 Å². The fourth-order valence-corrected chi connectivity index (χ4v) is 3.12. The summed E-state index contributed by atoms with van der Waals surface area (Å²) in [6.07, 6.45) is 0. The number of anilines is 1. The highest BCUT2D eigenvalue weighted by atomic mass is 79.9. The number of nitrogens with one attached hydrogen (secondary N) is 1. The van der Waals surface area contributed by atoms with Gasteiger partial charge in [0.1, 0.15) is 5.76 Å². The van der Waals surface area contributed by atoms with E-state index in [1.54, 1.807) is 30.3 Å². The van der Waals surface area contributed by atoms with Crippen molar-refractivity contribution in [2.24, 2.45) is 0 Å². The van der Waals surface area contributed by atoms with Gasteiger partial charge in [0, 0.05) is 15.7 Å². The van der Waals surface area contributed by atoms with Gasteiger partial charge in [0.15, 0.2) is 5.76 Å². The van der Waals surface area contributed by atoms with Gasteiger partial charge in [0.25, 0.3) is 5.91 Å². The van der Waals surface area contributed by atoms with Crippen LogP contribution in [0.5, 0.6) is 0 Å². The molecule has 0 saturated heterocycles. The Labute approximate surface area is 157 Å². The summed E-state index contributed by atoms with van der Waals surface area (Å²) in [4.78, 5) is 12.4. The molecule has 1 heterocycles. The van der Waals surface area contributed by atoms with Crippen molar-refractivity contribution in [3.05, 3.63) is 74.4 Å². The molecule has 0 aliphatic heterocycles. The number of amides is 1. The van der Waals surface area contributed by atoms with Crippen molar-refractivity contribution in [2.75, 3.05) is 5.32 Å². The van der Waals surface area contributed by atoms with Gasteiger partial charge in [-0.25, -0.2) is 0 Å². The zero-order chi connectivity index (χ0) is 17.3. The molecule has 3 rings (SSSR count). The first-order valence-corrected chi connectivity index (χ1v) is 8.62. The van der Waals surface area contributed by atoms with E-state index in [0.29, 0.717) is 21.4 Å². The Morgan fingerprint density at radius 3 is 2.67 bits per heavy atom. The summed E-state index contributed by atoms with van der Waals surface area (Å²) in [5, 5.41) is 3.66. The maximum atomic E-state index is 12.4. The molecule has 1 aromatic heterocycles. The molecule has 0 radical (unpaired) electrons. The number of halogens is 3. The van der Waals surface area contributed by atoms with Crippen LogP contribution < -0.4 is 5.32 Å². The van der Waals surface area contributed by atoms with E-state index in [1.807, 2.05) is 25.1 Å². The van der Waals surface area contributed by atoms with E-state index < -0.39 is 0 Å². The van der Waals surface area contributed by atoms with Crippen molar-refractivity contribution in [3.63, 3.8) is 0 Å². The van der Waals surface area contributed by atoms with Gasteiger partial charge < -0.3 is 9.73 Å². The number of carbonyl (C=O) groups excluding carboxylic acids is 1. The highest BCUT2D eigenvalue weighted by Crippen LogP contribution is 2.34. The minimum absolute atomic E-state index is 0.198. The van der Waals surface area contributed by atoms with Gasteiger partial charge in [0.2, 0.25) is 0 Å². The van der Waals surface area contributed by atoms with Crippen LogP contribution in [0.15, 0.2) is 57.4 Å². The van der Waals surface area contributed by atoms with Crippen molar-refractivity contribution in [2.45, 2.75) is 6.92 Å². The molecule has 1 amide bonds. The summed E-state index contributed by atoms with van der Waals surface area (Å²) in [5.74, 6) is 0.355. The van der Waals surface area contributed by atoms with Gasteiger partial charge in [-0.1, -0.05) is 45.2 Å². The van der Waals surface area contributed by atoms with Crippen LogP contribution in [0.25, 0.3) is 11.3 Å². The molecule has 24 heavy (non-hydrogen) atoms. The van der Waals surface area contributed by atoms with Gasteiger partial charge in [-0.05, 0) is 55.0 Å². The summed E-state index contributed by atoms with van der Waals surface area (Å²) < 4.78 is 6.59. The molecule has 0 saturated carbocycles. The fourth-order valence-electron chi connectivity index (χ4n) is 2.25. The largest absolute Gasteiger partial charge is 0.451 e. The molecule has 0 unspecified atom stereocenters. The van der Waals surface area contributed by atoms with E-state index in [9.17, 15) is 4.79 Å². The van der Waals surface area contributed by atoms with Gasteiger partial charge in [-0.3, -0.25) is 4.79 Å². The van der Waals surface area contributed by atoms with Crippen molar-refractivity contribution >= 4 is 50.7 Å². The molecular weight excluding hydrogens is 413 g/mol. The minimum Gasteiger partial charge on any atom is -0.451 e. The first kappa shape index (κ1) is 17.1. The molecule has 0 bridgehead atoms. The summed E-state index contributed by atoms with van der Waals surface area (Å²) >= 11 is 15.6. The lowest BCUT2D eigenvalue weighted by molar-refractivity contribution is 0.0997. The highest BCUT2D eigenvalue weighted by Gasteiger charge is 2.15. The molecule has 3 aromatic rings. The number of carbonyl (C=O) groups is 1. The van der Waals surface area contributed by atoms with Crippen LogP contribution >= 0.6 is 39.1 Å². The van der Waals surface area contributed by atoms with E-state index in [2.05, 4.69) is 21.2 Å². The Morgan fingerprint density at radius 1 is 1.12 bits per heavy atom. The second kappa shape index (κ2) is 7.01. The number of rotatable bonds is 3. The highest BCUT2D eigenvalue weighted by molar-refractivity contribution is 9.10. The third-order valence-electron chi connectivity index (χ3n) is 3.48. The molecule has 122 valence electrons. The third-order valence-corrected chi connectivity index (χ3v) is 4.80. The van der Waals surface area contributed by atoms with E-state index in [4.69, 9.17) is 27.6 Å². The maximum absolute atomic E-state index is 12.4. The van der Waals surface area contributed by atoms with Crippen molar-refractivity contribution in [1.29, 1.82) is 0 Å². The predicted molar refractivity (Wildman–Crippen MR) is 101 cm³/mol. The first-order valence-electron chi connectivity index (χ1n) is 7.07. The van der Waals surface area contributed by atoms with Gasteiger partial charge in [-0.15, -0.1) is 0 Å². The number of furan rings is 1. The Morgan fingerprint density at radius 2 is 1.92 bits per heavy atom. The number of hydrogen-bond acceptors (Lipinski definition) is 2. The van der Waals surface area contributed by atoms with E-state index in [0.717, 1.165) is 15.7 Å². The van der Waals surface area contributed by atoms with Crippen molar-refractivity contribution in [1.82, 2.24) is 0 Å². The lowest BCUT2D eigenvalue weighted by Crippen LogP contribution is -2.11. The molecule has 6 heteroatoms. The molecule has 0 aliphatic rings. The molecule has 2 aromatic carbocycles. The Hall–Kier alpha value is -1.75. The summed E-state index contributed by atoms with van der Waals surface area (Å²) in [5.41, 5.74) is 2.31. The quantitative estimate of drug-likeness (QED) is 0.516. The zero-order valence-corrected chi connectivity index (χ0v) is 15.7. The second-order valence-corrected chi connectivity index (χ2v) is 6.88. The minimum atomic E-state index is -0.329. The van der Waals surface area contributed by atoms with Crippen LogP contribution in [-0.4, -0.2) is 5.91 Å². The molecule has 1 N–H and O–H groups in total. The average Bonchev–Trinajstić information content (AvgIpc) is 3.02. The van der Waals surface area contributed by atoms with E-state index >= 15 is 0 Å². The number of hydrogen-bond donors (Lipinski definition) is 1. The predicted octanol–water partition coefficient (Wildman–Crippen LogP) is 6.58. The molecule has 0 aliphatic carbocycles. The summed E-state index contributed by atoms with van der Waals surface area (Å²) in [7, 11) is 0. The number of aryl methyl sites for hydroxylation is 1. The fraction of sp³-hybridized carbons (Fsp3) is 0.0556. The third kappa shape index (κ3) is 3.51.